The van der Waals surface area contributed by atoms with Crippen molar-refractivity contribution < 1.29 is 14.3 Å². The Kier molecular flexibility index (Phi) is 5.92. The fourth-order valence-electron chi connectivity index (χ4n) is 3.34. The number of methoxy groups -OCH3 is 1. The number of fused-ring (bicyclic) bond motifs is 1. The van der Waals surface area contributed by atoms with Gasteiger partial charge in [0.25, 0.3) is 5.56 Å². The number of nitrogens with zero attached hydrogens (tertiary/aromatic N) is 3. The van der Waals surface area contributed by atoms with E-state index in [2.05, 4.69) is 4.98 Å². The van der Waals surface area contributed by atoms with E-state index in [-0.39, 0.29) is 11.7 Å². The first-order chi connectivity index (χ1) is 14.2. The molecule has 0 unspecified atom stereocenters. The summed E-state index contributed by atoms with van der Waals surface area (Å²) in [7, 11) is 1.33. The summed E-state index contributed by atoms with van der Waals surface area (Å²) in [5.41, 5.74) is 1.76. The summed E-state index contributed by atoms with van der Waals surface area (Å²) >= 11 is 1.47. The van der Waals surface area contributed by atoms with Crippen molar-refractivity contribution in [1.82, 2.24) is 14.5 Å². The molecule has 1 aliphatic rings. The molecule has 0 radical (unpaired) electrons. The van der Waals surface area contributed by atoms with Crippen molar-refractivity contribution >= 4 is 28.6 Å². The number of rotatable bonds is 6. The number of esters is 1. The lowest BCUT2D eigenvalue weighted by atomic mass is 10.1. The molecule has 0 amide bonds. The molecular formula is C21H21N3O4S. The summed E-state index contributed by atoms with van der Waals surface area (Å²) in [5, 5.41) is 1.07. The maximum atomic E-state index is 13.2. The molecule has 1 aliphatic heterocycles. The first-order valence-electron chi connectivity index (χ1n) is 9.42. The number of benzene rings is 1. The average molecular weight is 411 g/mol. The molecule has 29 heavy (non-hydrogen) atoms. The van der Waals surface area contributed by atoms with Gasteiger partial charge in [-0.15, -0.1) is 0 Å². The van der Waals surface area contributed by atoms with E-state index in [1.807, 2.05) is 12.1 Å². The number of aromatic nitrogens is 3. The van der Waals surface area contributed by atoms with E-state index in [0.29, 0.717) is 33.9 Å². The number of thioether (sulfide) groups is 1. The predicted molar refractivity (Wildman–Crippen MR) is 110 cm³/mol. The van der Waals surface area contributed by atoms with Crippen molar-refractivity contribution in [2.45, 2.75) is 36.4 Å². The summed E-state index contributed by atoms with van der Waals surface area (Å²) in [6.45, 7) is 1.19. The second-order valence-electron chi connectivity index (χ2n) is 6.82. The van der Waals surface area contributed by atoms with Crippen LogP contribution in [0.5, 0.6) is 0 Å². The number of carbonyl (C=O) groups is 1. The molecule has 4 rings (SSSR count). The molecule has 7 nitrogen and oxygen atoms in total. The van der Waals surface area contributed by atoms with Gasteiger partial charge in [0.2, 0.25) is 0 Å². The van der Waals surface area contributed by atoms with Gasteiger partial charge < -0.3 is 9.47 Å². The van der Waals surface area contributed by atoms with Crippen LogP contribution >= 0.6 is 11.8 Å². The summed E-state index contributed by atoms with van der Waals surface area (Å²) in [5.74, 6) is 0.176. The average Bonchev–Trinajstić information content (AvgIpc) is 3.27. The topological polar surface area (TPSA) is 83.3 Å². The zero-order valence-corrected chi connectivity index (χ0v) is 16.9. The third-order valence-corrected chi connectivity index (χ3v) is 5.89. The largest absolute Gasteiger partial charge is 0.465 e. The van der Waals surface area contributed by atoms with Gasteiger partial charge in [0.05, 0.1) is 36.2 Å². The molecule has 0 saturated carbocycles. The van der Waals surface area contributed by atoms with E-state index >= 15 is 0 Å². The van der Waals surface area contributed by atoms with Crippen molar-refractivity contribution in [1.29, 1.82) is 0 Å². The highest BCUT2D eigenvalue weighted by Crippen LogP contribution is 2.24. The van der Waals surface area contributed by atoms with Crippen LogP contribution in [0.15, 0.2) is 52.7 Å². The van der Waals surface area contributed by atoms with E-state index in [1.54, 1.807) is 35.2 Å². The van der Waals surface area contributed by atoms with Crippen molar-refractivity contribution in [3.05, 3.63) is 64.2 Å². The summed E-state index contributed by atoms with van der Waals surface area (Å²) < 4.78 is 12.2. The van der Waals surface area contributed by atoms with Gasteiger partial charge in [-0.3, -0.25) is 14.3 Å². The Balaban J connectivity index is 1.74. The molecule has 2 aromatic heterocycles. The maximum absolute atomic E-state index is 13.2. The Hall–Kier alpha value is -2.71. The minimum atomic E-state index is -0.457. The summed E-state index contributed by atoms with van der Waals surface area (Å²) in [4.78, 5) is 33.9. The lowest BCUT2D eigenvalue weighted by molar-refractivity contribution is 0.0601. The molecule has 0 N–H and O–H groups in total. The molecule has 1 saturated heterocycles. The Labute approximate surface area is 172 Å². The molecular weight excluding hydrogens is 390 g/mol. The molecule has 1 atom stereocenters. The SMILES string of the molecule is COC(=O)c1ccc2c(=O)n(C[C@H]3CCCO3)c(SCc3cccnc3)nc2c1. The van der Waals surface area contributed by atoms with Crippen LogP contribution in [0.2, 0.25) is 0 Å². The lowest BCUT2D eigenvalue weighted by Crippen LogP contribution is -2.29. The van der Waals surface area contributed by atoms with Gasteiger partial charge in [-0.25, -0.2) is 9.78 Å². The van der Waals surface area contributed by atoms with E-state index in [4.69, 9.17) is 14.5 Å². The molecule has 1 fully saturated rings. The van der Waals surface area contributed by atoms with Crippen LogP contribution in [0.25, 0.3) is 10.9 Å². The number of hydrogen-bond acceptors (Lipinski definition) is 7. The van der Waals surface area contributed by atoms with Crippen LogP contribution in [0.3, 0.4) is 0 Å². The van der Waals surface area contributed by atoms with Crippen LogP contribution in [0.1, 0.15) is 28.8 Å². The normalized spacial score (nSPS) is 16.2. The number of hydrogen-bond donors (Lipinski definition) is 0. The van der Waals surface area contributed by atoms with Crippen molar-refractivity contribution in [3.63, 3.8) is 0 Å². The van der Waals surface area contributed by atoms with Crippen LogP contribution in [-0.4, -0.2) is 40.3 Å². The van der Waals surface area contributed by atoms with Crippen LogP contribution in [0.4, 0.5) is 0 Å². The number of ether oxygens (including phenoxy) is 2. The molecule has 0 aliphatic carbocycles. The first kappa shape index (κ1) is 19.6. The van der Waals surface area contributed by atoms with Crippen LogP contribution < -0.4 is 5.56 Å². The minimum Gasteiger partial charge on any atom is -0.465 e. The molecule has 0 bridgehead atoms. The standard InChI is InChI=1S/C21H21N3O4S/c1-27-20(26)15-6-7-17-18(10-15)23-21(29-13-14-4-2-8-22-11-14)24(19(17)25)12-16-5-3-9-28-16/h2,4,6-8,10-11,16H,3,5,9,12-13H2,1H3/t16-/m1/s1. The lowest BCUT2D eigenvalue weighted by Gasteiger charge is -2.16. The van der Waals surface area contributed by atoms with E-state index < -0.39 is 5.97 Å². The number of pyridine rings is 1. The molecule has 3 aromatic rings. The zero-order valence-electron chi connectivity index (χ0n) is 16.0. The Morgan fingerprint density at radius 3 is 3.00 bits per heavy atom. The molecule has 3 heterocycles. The van der Waals surface area contributed by atoms with E-state index in [0.717, 1.165) is 25.0 Å². The smallest absolute Gasteiger partial charge is 0.337 e. The first-order valence-corrected chi connectivity index (χ1v) is 10.4. The Morgan fingerprint density at radius 2 is 2.28 bits per heavy atom. The second kappa shape index (κ2) is 8.75. The molecule has 8 heteroatoms. The highest BCUT2D eigenvalue weighted by atomic mass is 32.2. The summed E-state index contributed by atoms with van der Waals surface area (Å²) in [6, 6.07) is 8.70. The highest BCUT2D eigenvalue weighted by molar-refractivity contribution is 7.98. The summed E-state index contributed by atoms with van der Waals surface area (Å²) in [6.07, 6.45) is 5.47. The quantitative estimate of drug-likeness (QED) is 0.350. The van der Waals surface area contributed by atoms with Gasteiger partial charge in [0.15, 0.2) is 5.16 Å². The maximum Gasteiger partial charge on any atom is 0.337 e. The second-order valence-corrected chi connectivity index (χ2v) is 7.76. The zero-order chi connectivity index (χ0) is 20.2. The molecule has 150 valence electrons. The van der Waals surface area contributed by atoms with E-state index in [1.165, 1.54) is 18.9 Å². The van der Waals surface area contributed by atoms with Gasteiger partial charge in [0, 0.05) is 24.8 Å². The van der Waals surface area contributed by atoms with Gasteiger partial charge in [-0.2, -0.15) is 0 Å². The number of carbonyl (C=O) groups excluding carboxylic acids is 1. The Bertz CT molecular complexity index is 1080. The highest BCUT2D eigenvalue weighted by Gasteiger charge is 2.21. The Morgan fingerprint density at radius 1 is 1.38 bits per heavy atom. The van der Waals surface area contributed by atoms with Crippen LogP contribution in [0, 0.1) is 0 Å². The third kappa shape index (κ3) is 4.33. The van der Waals surface area contributed by atoms with Crippen molar-refractivity contribution in [2.75, 3.05) is 13.7 Å². The van der Waals surface area contributed by atoms with Crippen molar-refractivity contribution in [2.24, 2.45) is 0 Å². The van der Waals surface area contributed by atoms with Gasteiger partial charge >= 0.3 is 5.97 Å². The van der Waals surface area contributed by atoms with Gasteiger partial charge in [-0.1, -0.05) is 17.8 Å². The monoisotopic (exact) mass is 411 g/mol. The van der Waals surface area contributed by atoms with Gasteiger partial charge in [-0.05, 0) is 42.7 Å². The third-order valence-electron chi connectivity index (χ3n) is 4.84. The molecule has 1 aromatic carbocycles. The van der Waals surface area contributed by atoms with E-state index in [9.17, 15) is 9.59 Å². The fraction of sp³-hybridized carbons (Fsp3) is 0.333. The predicted octanol–water partition coefficient (Wildman–Crippen LogP) is 3.05. The minimum absolute atomic E-state index is 0.0130. The fourth-order valence-corrected chi connectivity index (χ4v) is 4.28. The van der Waals surface area contributed by atoms with Crippen LogP contribution in [-0.2, 0) is 21.8 Å². The van der Waals surface area contributed by atoms with Crippen molar-refractivity contribution in [3.8, 4) is 0 Å². The molecule has 0 spiro atoms. The van der Waals surface area contributed by atoms with Gasteiger partial charge in [0.1, 0.15) is 0 Å².